The molecule has 4 nitrogen and oxygen atoms in total. The van der Waals surface area contributed by atoms with Crippen molar-refractivity contribution >= 4 is 62.8 Å². The van der Waals surface area contributed by atoms with Crippen LogP contribution >= 0.6 is 34.5 Å². The first-order valence-corrected chi connectivity index (χ1v) is 10.1. The second-order valence-electron chi connectivity index (χ2n) is 6.20. The number of fused-ring (bicyclic) bond motifs is 1. The third kappa shape index (κ3) is 3.83. The summed E-state index contributed by atoms with van der Waals surface area (Å²) in [7, 11) is 0. The second-order valence-corrected chi connectivity index (χ2v) is 8.02. The number of thiophene rings is 1. The Labute approximate surface area is 175 Å². The van der Waals surface area contributed by atoms with Gasteiger partial charge >= 0.3 is 0 Å². The molecular formula is C21H14Cl2N2O2S. The Bertz CT molecular complexity index is 1160. The number of benzene rings is 2. The lowest BCUT2D eigenvalue weighted by molar-refractivity contribution is -0.116. The van der Waals surface area contributed by atoms with Crippen LogP contribution in [0.4, 0.5) is 5.69 Å². The Balaban J connectivity index is 1.63. The highest BCUT2D eigenvalue weighted by molar-refractivity contribution is 7.12. The van der Waals surface area contributed by atoms with Gasteiger partial charge in [0.25, 0.3) is 0 Å². The molecule has 0 bridgehead atoms. The van der Waals surface area contributed by atoms with Crippen molar-refractivity contribution in [1.82, 2.24) is 4.57 Å². The topological polar surface area (TPSA) is 51.1 Å². The summed E-state index contributed by atoms with van der Waals surface area (Å²) in [6.07, 6.45) is 1.73. The van der Waals surface area contributed by atoms with Crippen LogP contribution < -0.4 is 5.32 Å². The maximum atomic E-state index is 12.9. The van der Waals surface area contributed by atoms with E-state index in [2.05, 4.69) is 5.32 Å². The van der Waals surface area contributed by atoms with Crippen molar-refractivity contribution in [3.63, 3.8) is 0 Å². The molecule has 0 radical (unpaired) electrons. The zero-order valence-electron chi connectivity index (χ0n) is 14.5. The Hall–Kier alpha value is -2.60. The first-order chi connectivity index (χ1) is 13.5. The van der Waals surface area contributed by atoms with Crippen molar-refractivity contribution in [2.75, 3.05) is 5.32 Å². The summed E-state index contributed by atoms with van der Waals surface area (Å²) < 4.78 is 1.78. The van der Waals surface area contributed by atoms with Crippen molar-refractivity contribution in [1.29, 1.82) is 0 Å². The number of rotatable bonds is 5. The van der Waals surface area contributed by atoms with E-state index in [0.717, 1.165) is 10.9 Å². The minimum Gasteiger partial charge on any atom is -0.337 e. The molecule has 0 spiro atoms. The number of anilines is 1. The molecule has 4 rings (SSSR count). The van der Waals surface area contributed by atoms with Gasteiger partial charge < -0.3 is 9.88 Å². The molecule has 4 aromatic rings. The molecule has 2 aromatic carbocycles. The van der Waals surface area contributed by atoms with Crippen molar-refractivity contribution in [3.8, 4) is 0 Å². The minimum absolute atomic E-state index is 0.0491. The van der Waals surface area contributed by atoms with E-state index in [4.69, 9.17) is 23.2 Å². The number of aromatic nitrogens is 1. The predicted molar refractivity (Wildman–Crippen MR) is 115 cm³/mol. The van der Waals surface area contributed by atoms with E-state index in [-0.39, 0.29) is 18.2 Å². The molecule has 0 aliphatic rings. The third-order valence-corrected chi connectivity index (χ3v) is 5.54. The molecule has 0 saturated heterocycles. The van der Waals surface area contributed by atoms with Gasteiger partial charge in [0.05, 0.1) is 4.88 Å². The Kier molecular flexibility index (Phi) is 5.22. The molecule has 0 saturated carbocycles. The van der Waals surface area contributed by atoms with Gasteiger partial charge in [-0.05, 0) is 35.7 Å². The molecule has 0 aliphatic carbocycles. The van der Waals surface area contributed by atoms with Gasteiger partial charge in [0.2, 0.25) is 11.7 Å². The average Bonchev–Trinajstić information content (AvgIpc) is 3.29. The van der Waals surface area contributed by atoms with Gasteiger partial charge in [0.1, 0.15) is 6.54 Å². The largest absolute Gasteiger partial charge is 0.337 e. The van der Waals surface area contributed by atoms with Gasteiger partial charge in [-0.25, -0.2) is 0 Å². The van der Waals surface area contributed by atoms with Crippen molar-refractivity contribution in [2.24, 2.45) is 0 Å². The molecule has 28 heavy (non-hydrogen) atoms. The molecule has 0 aliphatic heterocycles. The van der Waals surface area contributed by atoms with Crippen LogP contribution in [-0.4, -0.2) is 16.3 Å². The number of carbonyl (C=O) groups is 2. The van der Waals surface area contributed by atoms with Gasteiger partial charge in [-0.15, -0.1) is 11.3 Å². The van der Waals surface area contributed by atoms with E-state index in [1.807, 2.05) is 35.7 Å². The zero-order valence-corrected chi connectivity index (χ0v) is 16.8. The molecule has 1 N–H and O–H groups in total. The van der Waals surface area contributed by atoms with E-state index < -0.39 is 0 Å². The molecule has 2 aromatic heterocycles. The molecule has 0 atom stereocenters. The van der Waals surface area contributed by atoms with Gasteiger partial charge in [-0.3, -0.25) is 9.59 Å². The van der Waals surface area contributed by atoms with E-state index >= 15 is 0 Å². The SMILES string of the molecule is O=C(Cn1cc(C(=O)c2cccs2)c2ccccc21)Nc1cc(Cl)cc(Cl)c1. The van der Waals surface area contributed by atoms with Crippen molar-refractivity contribution in [2.45, 2.75) is 6.54 Å². The quantitative estimate of drug-likeness (QED) is 0.403. The van der Waals surface area contributed by atoms with Crippen molar-refractivity contribution < 1.29 is 9.59 Å². The number of hydrogen-bond donors (Lipinski definition) is 1. The summed E-state index contributed by atoms with van der Waals surface area (Å²) >= 11 is 13.4. The maximum Gasteiger partial charge on any atom is 0.244 e. The number of hydrogen-bond acceptors (Lipinski definition) is 3. The first-order valence-electron chi connectivity index (χ1n) is 8.43. The number of amides is 1. The lowest BCUT2D eigenvalue weighted by atomic mass is 10.1. The van der Waals surface area contributed by atoms with E-state index in [0.29, 0.717) is 26.2 Å². The molecule has 0 unspecified atom stereocenters. The number of nitrogens with zero attached hydrogens (tertiary/aromatic N) is 1. The lowest BCUT2D eigenvalue weighted by Crippen LogP contribution is -2.18. The van der Waals surface area contributed by atoms with Gasteiger partial charge in [-0.2, -0.15) is 0 Å². The van der Waals surface area contributed by atoms with Crippen LogP contribution in [0.2, 0.25) is 10.0 Å². The Morgan fingerprint density at radius 3 is 2.46 bits per heavy atom. The summed E-state index contributed by atoms with van der Waals surface area (Å²) in [6.45, 7) is 0.0579. The number of nitrogens with one attached hydrogen (secondary N) is 1. The lowest BCUT2D eigenvalue weighted by Gasteiger charge is -2.08. The van der Waals surface area contributed by atoms with Crippen LogP contribution in [0.25, 0.3) is 10.9 Å². The average molecular weight is 429 g/mol. The normalized spacial score (nSPS) is 10.9. The molecular weight excluding hydrogens is 415 g/mol. The summed E-state index contributed by atoms with van der Waals surface area (Å²) in [5.41, 5.74) is 1.92. The van der Waals surface area contributed by atoms with Gasteiger partial charge in [-0.1, -0.05) is 47.5 Å². The first kappa shape index (κ1) is 18.7. The number of para-hydroxylation sites is 1. The minimum atomic E-state index is -0.241. The predicted octanol–water partition coefficient (Wildman–Crippen LogP) is 5.88. The zero-order chi connectivity index (χ0) is 19.7. The maximum absolute atomic E-state index is 12.9. The third-order valence-electron chi connectivity index (χ3n) is 4.24. The monoisotopic (exact) mass is 428 g/mol. The molecule has 2 heterocycles. The Morgan fingerprint density at radius 1 is 1.00 bits per heavy atom. The van der Waals surface area contributed by atoms with E-state index in [1.165, 1.54) is 11.3 Å². The number of ketones is 1. The summed E-state index contributed by atoms with van der Waals surface area (Å²) in [5.74, 6) is -0.291. The highest BCUT2D eigenvalue weighted by atomic mass is 35.5. The molecule has 1 amide bonds. The molecule has 140 valence electrons. The smallest absolute Gasteiger partial charge is 0.244 e. The van der Waals surface area contributed by atoms with Gasteiger partial charge in [0.15, 0.2) is 0 Å². The highest BCUT2D eigenvalue weighted by Gasteiger charge is 2.18. The fourth-order valence-corrected chi connectivity index (χ4v) is 4.28. The van der Waals surface area contributed by atoms with Crippen LogP contribution in [0, 0.1) is 0 Å². The molecule has 7 heteroatoms. The van der Waals surface area contributed by atoms with Crippen LogP contribution in [0.1, 0.15) is 15.2 Å². The molecule has 0 fully saturated rings. The van der Waals surface area contributed by atoms with Crippen LogP contribution in [0.15, 0.2) is 66.2 Å². The summed E-state index contributed by atoms with van der Waals surface area (Å²) in [6, 6.07) is 16.1. The standard InChI is InChI=1S/C21H14Cl2N2O2S/c22-13-8-14(23)10-15(9-13)24-20(26)12-25-11-17(16-4-1-2-5-18(16)25)21(27)19-6-3-7-28-19/h1-11H,12H2,(H,24,26). The van der Waals surface area contributed by atoms with E-state index in [1.54, 1.807) is 35.0 Å². The fraction of sp³-hybridized carbons (Fsp3) is 0.0476. The van der Waals surface area contributed by atoms with Crippen molar-refractivity contribution in [3.05, 3.63) is 86.7 Å². The van der Waals surface area contributed by atoms with Crippen LogP contribution in [0.5, 0.6) is 0 Å². The number of halogens is 2. The number of carbonyl (C=O) groups excluding carboxylic acids is 2. The highest BCUT2D eigenvalue weighted by Crippen LogP contribution is 2.26. The van der Waals surface area contributed by atoms with E-state index in [9.17, 15) is 9.59 Å². The Morgan fingerprint density at radius 2 is 1.75 bits per heavy atom. The van der Waals surface area contributed by atoms with Crippen LogP contribution in [0.3, 0.4) is 0 Å². The second kappa shape index (κ2) is 7.80. The summed E-state index contributed by atoms with van der Waals surface area (Å²) in [5, 5.41) is 6.37. The van der Waals surface area contributed by atoms with Gasteiger partial charge in [0, 0.05) is 38.4 Å². The fourth-order valence-electron chi connectivity index (χ4n) is 3.08. The van der Waals surface area contributed by atoms with Crippen LogP contribution in [-0.2, 0) is 11.3 Å². The summed E-state index contributed by atoms with van der Waals surface area (Å²) in [4.78, 5) is 26.1.